The van der Waals surface area contributed by atoms with Gasteiger partial charge in [-0.05, 0) is 69.2 Å². The Morgan fingerprint density at radius 3 is 2.39 bits per heavy atom. The number of methoxy groups -OCH3 is 2. The predicted octanol–water partition coefficient (Wildman–Crippen LogP) is 5.37. The van der Waals surface area contributed by atoms with E-state index in [1.165, 1.54) is 17.4 Å². The summed E-state index contributed by atoms with van der Waals surface area (Å²) in [7, 11) is 7.56. The van der Waals surface area contributed by atoms with Gasteiger partial charge in [0.05, 0.1) is 14.2 Å². The van der Waals surface area contributed by atoms with Crippen LogP contribution in [0.5, 0.6) is 11.5 Å². The predicted molar refractivity (Wildman–Crippen MR) is 117 cm³/mol. The molecule has 5 heteroatoms. The summed E-state index contributed by atoms with van der Waals surface area (Å²) in [6, 6.07) is 12.3. The monoisotopic (exact) mass is 381 g/mol. The summed E-state index contributed by atoms with van der Waals surface area (Å²) >= 11 is 0. The number of aromatic amines is 1. The largest absolute Gasteiger partial charge is 0.493 e. The van der Waals surface area contributed by atoms with Crippen LogP contribution in [-0.4, -0.2) is 44.7 Å². The molecule has 5 nitrogen and oxygen atoms in total. The molecule has 3 rings (SSSR count). The van der Waals surface area contributed by atoms with E-state index < -0.39 is 0 Å². The second kappa shape index (κ2) is 9.02. The molecule has 3 aromatic rings. The van der Waals surface area contributed by atoms with Crippen LogP contribution in [0.15, 0.2) is 42.6 Å². The Balaban J connectivity index is 1.82. The first-order chi connectivity index (χ1) is 13.5. The van der Waals surface area contributed by atoms with E-state index in [4.69, 9.17) is 9.47 Å². The molecule has 0 aliphatic rings. The fourth-order valence-electron chi connectivity index (χ4n) is 3.64. The van der Waals surface area contributed by atoms with Crippen molar-refractivity contribution in [3.05, 3.63) is 48.2 Å². The number of nitrogens with zero attached hydrogens (tertiary/aromatic N) is 1. The van der Waals surface area contributed by atoms with Gasteiger partial charge in [-0.2, -0.15) is 0 Å². The lowest BCUT2D eigenvalue weighted by molar-refractivity contribution is 0.355. The van der Waals surface area contributed by atoms with Crippen molar-refractivity contribution in [2.45, 2.75) is 25.7 Å². The first-order valence-corrected chi connectivity index (χ1v) is 9.80. The van der Waals surface area contributed by atoms with Crippen LogP contribution in [0.25, 0.3) is 10.9 Å². The number of rotatable bonds is 9. The molecule has 0 bridgehead atoms. The van der Waals surface area contributed by atoms with Gasteiger partial charge in [0.2, 0.25) is 0 Å². The molecule has 0 saturated heterocycles. The lowest BCUT2D eigenvalue weighted by atomic mass is 9.92. The van der Waals surface area contributed by atoms with Gasteiger partial charge in [0.15, 0.2) is 11.5 Å². The molecule has 28 heavy (non-hydrogen) atoms. The number of benzene rings is 2. The van der Waals surface area contributed by atoms with Gasteiger partial charge >= 0.3 is 0 Å². The fourth-order valence-corrected chi connectivity index (χ4v) is 3.64. The van der Waals surface area contributed by atoms with Crippen molar-refractivity contribution in [2.24, 2.45) is 0 Å². The number of H-pyrrole nitrogens is 1. The molecule has 0 radical (unpaired) electrons. The van der Waals surface area contributed by atoms with Crippen LogP contribution in [0.2, 0.25) is 0 Å². The Labute approximate surface area is 167 Å². The zero-order valence-electron chi connectivity index (χ0n) is 17.5. The maximum Gasteiger partial charge on any atom is 0.162 e. The van der Waals surface area contributed by atoms with Gasteiger partial charge in [-0.25, -0.2) is 0 Å². The molecular formula is C23H31N3O2. The number of aromatic nitrogens is 1. The van der Waals surface area contributed by atoms with Crippen LogP contribution in [0.3, 0.4) is 0 Å². The number of hydrogen-bond acceptors (Lipinski definition) is 4. The van der Waals surface area contributed by atoms with E-state index in [0.717, 1.165) is 35.6 Å². The zero-order chi connectivity index (χ0) is 20.1. The van der Waals surface area contributed by atoms with E-state index in [1.807, 2.05) is 18.2 Å². The number of ether oxygens (including phenoxy) is 2. The van der Waals surface area contributed by atoms with Gasteiger partial charge in [0.1, 0.15) is 0 Å². The maximum absolute atomic E-state index is 5.39. The van der Waals surface area contributed by atoms with E-state index in [1.54, 1.807) is 14.2 Å². The van der Waals surface area contributed by atoms with E-state index in [0.29, 0.717) is 11.7 Å². The van der Waals surface area contributed by atoms with Gasteiger partial charge in [-0.3, -0.25) is 0 Å². The third-order valence-electron chi connectivity index (χ3n) is 5.24. The lowest BCUT2D eigenvalue weighted by Gasteiger charge is -2.17. The van der Waals surface area contributed by atoms with Gasteiger partial charge in [-0.1, -0.05) is 13.0 Å². The van der Waals surface area contributed by atoms with Crippen molar-refractivity contribution >= 4 is 22.3 Å². The molecular weight excluding hydrogens is 350 g/mol. The summed E-state index contributed by atoms with van der Waals surface area (Å²) in [6.45, 7) is 3.37. The molecule has 0 aliphatic carbocycles. The van der Waals surface area contributed by atoms with Crippen LogP contribution in [-0.2, 0) is 0 Å². The maximum atomic E-state index is 5.39. The molecule has 0 fully saturated rings. The summed E-state index contributed by atoms with van der Waals surface area (Å²) in [5.41, 5.74) is 4.57. The Hall–Kier alpha value is -2.66. The van der Waals surface area contributed by atoms with Crippen molar-refractivity contribution in [3.8, 4) is 11.5 Å². The first kappa shape index (κ1) is 20.1. The number of fused-ring (bicyclic) bond motifs is 1. The van der Waals surface area contributed by atoms with E-state index in [-0.39, 0.29) is 0 Å². The van der Waals surface area contributed by atoms with Crippen LogP contribution in [0, 0.1) is 0 Å². The van der Waals surface area contributed by atoms with E-state index in [9.17, 15) is 0 Å². The van der Waals surface area contributed by atoms with Crippen LogP contribution in [0.1, 0.15) is 31.2 Å². The topological polar surface area (TPSA) is 49.5 Å². The molecule has 150 valence electrons. The van der Waals surface area contributed by atoms with Gasteiger partial charge in [0, 0.05) is 34.5 Å². The Morgan fingerprint density at radius 1 is 1.00 bits per heavy atom. The van der Waals surface area contributed by atoms with Crippen molar-refractivity contribution in [2.75, 3.05) is 40.2 Å². The second-order valence-corrected chi connectivity index (χ2v) is 7.40. The average molecular weight is 382 g/mol. The van der Waals surface area contributed by atoms with Crippen molar-refractivity contribution in [3.63, 3.8) is 0 Å². The molecule has 0 saturated carbocycles. The van der Waals surface area contributed by atoms with E-state index in [2.05, 4.69) is 60.6 Å². The quantitative estimate of drug-likeness (QED) is 0.523. The smallest absolute Gasteiger partial charge is 0.162 e. The van der Waals surface area contributed by atoms with Gasteiger partial charge in [0.25, 0.3) is 0 Å². The molecule has 1 aromatic heterocycles. The summed E-state index contributed by atoms with van der Waals surface area (Å²) < 4.78 is 10.7. The molecule has 0 spiro atoms. The van der Waals surface area contributed by atoms with Crippen LogP contribution >= 0.6 is 0 Å². The third-order valence-corrected chi connectivity index (χ3v) is 5.24. The Kier molecular flexibility index (Phi) is 6.47. The Bertz CT molecular complexity index is 917. The summed E-state index contributed by atoms with van der Waals surface area (Å²) in [5, 5.41) is 4.76. The van der Waals surface area contributed by atoms with Gasteiger partial charge < -0.3 is 24.7 Å². The highest BCUT2D eigenvalue weighted by molar-refractivity contribution is 5.87. The van der Waals surface area contributed by atoms with Crippen molar-refractivity contribution < 1.29 is 9.47 Å². The van der Waals surface area contributed by atoms with Crippen LogP contribution < -0.4 is 14.8 Å². The molecule has 0 aliphatic heterocycles. The first-order valence-electron chi connectivity index (χ1n) is 9.80. The lowest BCUT2D eigenvalue weighted by Crippen LogP contribution is -2.15. The summed E-state index contributed by atoms with van der Waals surface area (Å²) in [5.74, 6) is 2.00. The highest BCUT2D eigenvalue weighted by atomic mass is 16.5. The SMILES string of the molecule is CCC(CCN(C)C)c1c[nH]c2cc(Nc3ccc(OC)c(OC)c3)ccc12. The third kappa shape index (κ3) is 4.42. The van der Waals surface area contributed by atoms with Crippen molar-refractivity contribution in [1.29, 1.82) is 0 Å². The number of hydrogen-bond donors (Lipinski definition) is 2. The second-order valence-electron chi connectivity index (χ2n) is 7.40. The highest BCUT2D eigenvalue weighted by Crippen LogP contribution is 2.34. The number of anilines is 2. The Morgan fingerprint density at radius 2 is 1.71 bits per heavy atom. The summed E-state index contributed by atoms with van der Waals surface area (Å²) in [6.07, 6.45) is 4.49. The highest BCUT2D eigenvalue weighted by Gasteiger charge is 2.15. The van der Waals surface area contributed by atoms with Crippen LogP contribution in [0.4, 0.5) is 11.4 Å². The summed E-state index contributed by atoms with van der Waals surface area (Å²) in [4.78, 5) is 5.71. The van der Waals surface area contributed by atoms with Crippen molar-refractivity contribution in [1.82, 2.24) is 9.88 Å². The molecule has 1 atom stereocenters. The minimum absolute atomic E-state index is 0.570. The number of nitrogens with one attached hydrogen (secondary N) is 2. The molecule has 1 heterocycles. The minimum atomic E-state index is 0.570. The molecule has 2 N–H and O–H groups in total. The normalized spacial score (nSPS) is 12.4. The van der Waals surface area contributed by atoms with Gasteiger partial charge in [-0.15, -0.1) is 0 Å². The molecule has 0 amide bonds. The fraction of sp³-hybridized carbons (Fsp3) is 0.391. The van der Waals surface area contributed by atoms with E-state index >= 15 is 0 Å². The standard InChI is InChI=1S/C23H31N3O2/c1-6-16(11-12-26(2)3)20-15-24-21-13-17(7-9-19(20)21)25-18-8-10-22(27-4)23(14-18)28-5/h7-10,13-16,24-25H,6,11-12H2,1-5H3. The molecule has 1 unspecified atom stereocenters. The zero-order valence-corrected chi connectivity index (χ0v) is 17.5. The minimum Gasteiger partial charge on any atom is -0.493 e. The average Bonchev–Trinajstić information content (AvgIpc) is 3.11. The molecule has 2 aromatic carbocycles.